The highest BCUT2D eigenvalue weighted by atomic mass is 19.3. The summed E-state index contributed by atoms with van der Waals surface area (Å²) in [6.45, 7) is 0. The number of phenolic OH excluding ortho intramolecular Hbond substituents is 1. The van der Waals surface area contributed by atoms with E-state index in [1.807, 2.05) is 18.0 Å². The van der Waals surface area contributed by atoms with E-state index >= 15 is 0 Å². The number of alkyl halides is 2. The molecule has 0 spiro atoms. The molecule has 8 nitrogen and oxygen atoms in total. The van der Waals surface area contributed by atoms with Crippen LogP contribution in [0.2, 0.25) is 0 Å². The summed E-state index contributed by atoms with van der Waals surface area (Å²) in [7, 11) is 3.40. The lowest BCUT2D eigenvalue weighted by atomic mass is 9.98. The van der Waals surface area contributed by atoms with Crippen molar-refractivity contribution >= 4 is 5.82 Å². The predicted molar refractivity (Wildman–Crippen MR) is 115 cm³/mol. The van der Waals surface area contributed by atoms with Gasteiger partial charge in [-0.05, 0) is 37.1 Å². The molecular weight excluding hydrogens is 418 g/mol. The van der Waals surface area contributed by atoms with E-state index in [4.69, 9.17) is 4.74 Å². The summed E-state index contributed by atoms with van der Waals surface area (Å²) in [4.78, 5) is 6.02. The molecule has 2 fully saturated rings. The monoisotopic (exact) mass is 442 g/mol. The van der Waals surface area contributed by atoms with Crippen molar-refractivity contribution in [3.8, 4) is 28.6 Å². The zero-order valence-corrected chi connectivity index (χ0v) is 17.7. The zero-order valence-electron chi connectivity index (χ0n) is 17.7. The van der Waals surface area contributed by atoms with E-state index in [0.29, 0.717) is 35.8 Å². The number of halogens is 2. The number of benzene rings is 1. The summed E-state index contributed by atoms with van der Waals surface area (Å²) >= 11 is 0. The third-order valence-corrected chi connectivity index (χ3v) is 6.41. The number of nitrogens with one attached hydrogen (secondary N) is 1. The number of phenols is 1. The van der Waals surface area contributed by atoms with Crippen molar-refractivity contribution in [2.24, 2.45) is 0 Å². The largest absolute Gasteiger partial charge is 0.507 e. The maximum atomic E-state index is 14.0. The quantitative estimate of drug-likeness (QED) is 0.628. The highest BCUT2D eigenvalue weighted by molar-refractivity contribution is 5.69. The van der Waals surface area contributed by atoms with Gasteiger partial charge in [0.2, 0.25) is 5.88 Å². The van der Waals surface area contributed by atoms with Crippen LogP contribution in [0.15, 0.2) is 42.9 Å². The van der Waals surface area contributed by atoms with Crippen LogP contribution in [0.1, 0.15) is 19.3 Å². The van der Waals surface area contributed by atoms with Crippen LogP contribution in [-0.2, 0) is 0 Å². The Labute approximate surface area is 183 Å². The predicted octanol–water partition coefficient (Wildman–Crippen LogP) is 3.01. The maximum absolute atomic E-state index is 14.0. The Morgan fingerprint density at radius 1 is 1.22 bits per heavy atom. The second kappa shape index (κ2) is 7.70. The average molecular weight is 442 g/mol. The van der Waals surface area contributed by atoms with Gasteiger partial charge in [-0.2, -0.15) is 0 Å². The van der Waals surface area contributed by atoms with Crippen molar-refractivity contribution in [3.63, 3.8) is 0 Å². The number of hydrogen-bond donors (Lipinski definition) is 2. The normalized spacial score (nSPS) is 23.8. The van der Waals surface area contributed by atoms with Crippen LogP contribution in [0, 0.1) is 0 Å². The highest BCUT2D eigenvalue weighted by Crippen LogP contribution is 2.40. The van der Waals surface area contributed by atoms with Crippen molar-refractivity contribution in [1.82, 2.24) is 25.1 Å². The van der Waals surface area contributed by atoms with E-state index in [-0.39, 0.29) is 24.3 Å². The minimum absolute atomic E-state index is 0.0281. The molecule has 2 bridgehead atoms. The molecule has 3 atom stereocenters. The number of imidazole rings is 1. The molecule has 2 aliphatic heterocycles. The third kappa shape index (κ3) is 3.64. The summed E-state index contributed by atoms with van der Waals surface area (Å²) in [5, 5.41) is 22.1. The summed E-state index contributed by atoms with van der Waals surface area (Å²) in [5.41, 5.74) is 1.79. The number of fused-ring (bicyclic) bond motifs is 2. The van der Waals surface area contributed by atoms with E-state index < -0.39 is 12.0 Å². The Morgan fingerprint density at radius 3 is 2.72 bits per heavy atom. The molecule has 4 heterocycles. The Morgan fingerprint density at radius 2 is 2.06 bits per heavy atom. The fourth-order valence-electron chi connectivity index (χ4n) is 4.63. The first kappa shape index (κ1) is 20.6. The molecule has 2 aromatic heterocycles. The van der Waals surface area contributed by atoms with Crippen LogP contribution < -0.4 is 15.0 Å². The molecule has 0 amide bonds. The fourth-order valence-corrected chi connectivity index (χ4v) is 4.63. The number of methoxy groups -OCH3 is 1. The summed E-state index contributed by atoms with van der Waals surface area (Å²) in [5.74, 6) is -1.50. The van der Waals surface area contributed by atoms with E-state index in [1.165, 1.54) is 7.11 Å². The van der Waals surface area contributed by atoms with Gasteiger partial charge < -0.3 is 24.6 Å². The van der Waals surface area contributed by atoms with Gasteiger partial charge in [0.05, 0.1) is 30.7 Å². The van der Waals surface area contributed by atoms with Gasteiger partial charge in [0.15, 0.2) is 5.82 Å². The summed E-state index contributed by atoms with van der Waals surface area (Å²) < 4.78 is 34.9. The van der Waals surface area contributed by atoms with Gasteiger partial charge in [0, 0.05) is 37.2 Å². The molecule has 0 radical (unpaired) electrons. The first-order chi connectivity index (χ1) is 15.3. The van der Waals surface area contributed by atoms with Gasteiger partial charge >= 0.3 is 0 Å². The van der Waals surface area contributed by atoms with Gasteiger partial charge in [-0.25, -0.2) is 13.8 Å². The van der Waals surface area contributed by atoms with Crippen molar-refractivity contribution in [1.29, 1.82) is 0 Å². The van der Waals surface area contributed by atoms with Crippen LogP contribution >= 0.6 is 0 Å². The highest BCUT2D eigenvalue weighted by Gasteiger charge is 2.53. The number of anilines is 1. The lowest BCUT2D eigenvalue weighted by Gasteiger charge is -2.36. The Kier molecular flexibility index (Phi) is 4.96. The molecule has 5 rings (SSSR count). The van der Waals surface area contributed by atoms with Gasteiger partial charge in [0.1, 0.15) is 12.1 Å². The van der Waals surface area contributed by atoms with E-state index in [9.17, 15) is 13.9 Å². The molecule has 2 saturated heterocycles. The van der Waals surface area contributed by atoms with Gasteiger partial charge in [-0.3, -0.25) is 0 Å². The van der Waals surface area contributed by atoms with Crippen molar-refractivity contribution in [2.75, 3.05) is 19.1 Å². The van der Waals surface area contributed by atoms with E-state index in [2.05, 4.69) is 20.5 Å². The number of piperidine rings is 1. The number of hydrogen-bond acceptors (Lipinski definition) is 7. The van der Waals surface area contributed by atoms with Crippen LogP contribution in [0.25, 0.3) is 16.9 Å². The van der Waals surface area contributed by atoms with E-state index in [1.54, 1.807) is 41.4 Å². The Bertz CT molecular complexity index is 1120. The molecule has 32 heavy (non-hydrogen) atoms. The van der Waals surface area contributed by atoms with Gasteiger partial charge in [0.25, 0.3) is 5.92 Å². The Balaban J connectivity index is 1.32. The SMILES string of the molecule is COc1cn(-c2ccc(-c3ccc(N(C)[C@@H]4C[C@@H]5CC(F)(F)[C@H](C4)N5)nn3)c(O)c2)cn1. The topological polar surface area (TPSA) is 88.3 Å². The molecule has 0 saturated carbocycles. The lowest BCUT2D eigenvalue weighted by molar-refractivity contribution is -0.0128. The van der Waals surface area contributed by atoms with Crippen molar-refractivity contribution < 1.29 is 18.6 Å². The third-order valence-electron chi connectivity index (χ3n) is 6.41. The zero-order chi connectivity index (χ0) is 22.5. The second-order valence-corrected chi connectivity index (χ2v) is 8.42. The van der Waals surface area contributed by atoms with Crippen LogP contribution in [-0.4, -0.2) is 63.1 Å². The molecule has 0 unspecified atom stereocenters. The van der Waals surface area contributed by atoms with Crippen molar-refractivity contribution in [3.05, 3.63) is 42.9 Å². The average Bonchev–Trinajstić information content (AvgIpc) is 3.35. The summed E-state index contributed by atoms with van der Waals surface area (Å²) in [6, 6.07) is 7.81. The Hall–Kier alpha value is -3.27. The molecule has 10 heteroatoms. The molecule has 0 aliphatic carbocycles. The first-order valence-electron chi connectivity index (χ1n) is 10.5. The number of ether oxygens (including phenoxy) is 1. The van der Waals surface area contributed by atoms with Crippen LogP contribution in [0.3, 0.4) is 0 Å². The molecule has 1 aromatic carbocycles. The second-order valence-electron chi connectivity index (χ2n) is 8.42. The number of aromatic hydroxyl groups is 1. The van der Waals surface area contributed by atoms with Crippen molar-refractivity contribution in [2.45, 2.75) is 43.3 Å². The van der Waals surface area contributed by atoms with Gasteiger partial charge in [-0.1, -0.05) is 0 Å². The molecule has 3 aromatic rings. The number of rotatable bonds is 5. The van der Waals surface area contributed by atoms with E-state index in [0.717, 1.165) is 5.69 Å². The number of aromatic nitrogens is 4. The first-order valence-corrected chi connectivity index (χ1v) is 10.5. The van der Waals surface area contributed by atoms with Gasteiger partial charge in [-0.15, -0.1) is 10.2 Å². The molecule has 2 N–H and O–H groups in total. The standard InChI is InChI=1S/C22H24F2N6O2/c1-29(15-7-13-10-22(23,24)19(9-15)26-13)20-6-5-17(27-28-20)16-4-3-14(8-18(16)31)30-11-21(32-2)25-12-30/h3-6,8,11-13,15,19,26,31H,7,9-10H2,1-2H3/t13-,15-,19+/m1/s1. The minimum Gasteiger partial charge on any atom is -0.507 e. The number of nitrogens with zero attached hydrogens (tertiary/aromatic N) is 5. The van der Waals surface area contributed by atoms with Crippen LogP contribution in [0.5, 0.6) is 11.6 Å². The summed E-state index contributed by atoms with van der Waals surface area (Å²) in [6.07, 6.45) is 4.22. The van der Waals surface area contributed by atoms with Crippen LogP contribution in [0.4, 0.5) is 14.6 Å². The molecule has 168 valence electrons. The maximum Gasteiger partial charge on any atom is 0.264 e. The lowest BCUT2D eigenvalue weighted by Crippen LogP contribution is -2.49. The molecular formula is C22H24F2N6O2. The molecule has 2 aliphatic rings. The minimum atomic E-state index is -2.65. The fraction of sp³-hybridized carbons (Fsp3) is 0.409. The smallest absolute Gasteiger partial charge is 0.264 e.